The van der Waals surface area contributed by atoms with Gasteiger partial charge in [-0.3, -0.25) is 0 Å². The molecule has 12 aromatic rings. The van der Waals surface area contributed by atoms with Gasteiger partial charge >= 0.3 is 0 Å². The zero-order valence-electron chi connectivity index (χ0n) is 36.2. The van der Waals surface area contributed by atoms with Crippen molar-refractivity contribution in [1.29, 1.82) is 0 Å². The Morgan fingerprint density at radius 1 is 0.273 bits per heavy atom. The molecule has 0 atom stereocenters. The van der Waals surface area contributed by atoms with Crippen LogP contribution in [0.1, 0.15) is 0 Å². The first-order chi connectivity index (χ1) is 32.7. The van der Waals surface area contributed by atoms with E-state index in [9.17, 15) is 0 Å². The molecular weight excluding hydrogens is 815 g/mol. The van der Waals surface area contributed by atoms with Crippen LogP contribution in [0.3, 0.4) is 0 Å². The van der Waals surface area contributed by atoms with E-state index < -0.39 is 0 Å². The number of fused-ring (bicyclic) bond motifs is 4. The molecule has 66 heavy (non-hydrogen) atoms. The van der Waals surface area contributed by atoms with Gasteiger partial charge in [-0.1, -0.05) is 212 Å². The molecule has 0 N–H and O–H groups in total. The molecule has 1 aromatic heterocycles. The van der Waals surface area contributed by atoms with Gasteiger partial charge in [-0.05, 0) is 121 Å². The molecular formula is C64H43NS. The van der Waals surface area contributed by atoms with Gasteiger partial charge in [0, 0.05) is 37.1 Å². The lowest BCUT2D eigenvalue weighted by Crippen LogP contribution is -2.12. The highest BCUT2D eigenvalue weighted by Gasteiger charge is 2.23. The van der Waals surface area contributed by atoms with Crippen molar-refractivity contribution >= 4 is 59.3 Å². The molecule has 1 heterocycles. The van der Waals surface area contributed by atoms with Crippen LogP contribution in [-0.4, -0.2) is 0 Å². The number of anilines is 3. The second-order valence-electron chi connectivity index (χ2n) is 16.8. The minimum atomic E-state index is 1.08. The van der Waals surface area contributed by atoms with Gasteiger partial charge in [-0.2, -0.15) is 0 Å². The molecule has 0 aliphatic heterocycles. The molecule has 12 rings (SSSR count). The zero-order chi connectivity index (χ0) is 43.8. The Bertz CT molecular complexity index is 3660. The molecule has 1 nitrogen and oxygen atoms in total. The highest BCUT2D eigenvalue weighted by Crippen LogP contribution is 2.49. The maximum Gasteiger partial charge on any atom is 0.0546 e. The lowest BCUT2D eigenvalue weighted by Gasteiger charge is -2.30. The normalized spacial score (nSPS) is 11.3. The predicted octanol–water partition coefficient (Wildman–Crippen LogP) is 18.7. The number of rotatable bonds is 9. The van der Waals surface area contributed by atoms with Crippen molar-refractivity contribution in [3.05, 3.63) is 261 Å². The van der Waals surface area contributed by atoms with Gasteiger partial charge in [0.05, 0.1) is 5.69 Å². The maximum absolute atomic E-state index is 2.44. The third-order valence-electron chi connectivity index (χ3n) is 12.9. The second-order valence-corrected chi connectivity index (χ2v) is 17.9. The van der Waals surface area contributed by atoms with Crippen LogP contribution in [0.5, 0.6) is 0 Å². The molecule has 0 saturated heterocycles. The standard InChI is InChI=1S/C64H43NS/c1-3-16-48(17-4-1)55-21-9-10-22-58(55)63-56(49-18-5-2-6-19-49)24-13-26-60(63)65(54-41-37-50(38-42-54)57-25-14-28-62-64(57)59-23-11-12-27-61(59)66-62)53-39-35-46(36-40-53)45-29-31-47(32-30-45)52-34-33-44-15-7-8-20-51(44)43-52/h1-43H. The molecule has 0 aliphatic carbocycles. The van der Waals surface area contributed by atoms with Gasteiger partial charge in [-0.25, -0.2) is 0 Å². The fourth-order valence-electron chi connectivity index (χ4n) is 9.70. The van der Waals surface area contributed by atoms with E-state index in [2.05, 4.69) is 266 Å². The summed E-state index contributed by atoms with van der Waals surface area (Å²) in [6.45, 7) is 0. The van der Waals surface area contributed by atoms with Gasteiger partial charge in [0.25, 0.3) is 0 Å². The van der Waals surface area contributed by atoms with Crippen LogP contribution in [0, 0.1) is 0 Å². The van der Waals surface area contributed by atoms with E-state index in [0.717, 1.165) is 17.1 Å². The first-order valence-electron chi connectivity index (χ1n) is 22.6. The van der Waals surface area contributed by atoms with Crippen LogP contribution < -0.4 is 4.90 Å². The van der Waals surface area contributed by atoms with E-state index in [-0.39, 0.29) is 0 Å². The van der Waals surface area contributed by atoms with E-state index in [1.54, 1.807) is 0 Å². The molecule has 0 spiro atoms. The van der Waals surface area contributed by atoms with Crippen LogP contribution in [0.25, 0.3) is 97.7 Å². The van der Waals surface area contributed by atoms with Gasteiger partial charge < -0.3 is 4.90 Å². The lowest BCUT2D eigenvalue weighted by molar-refractivity contribution is 1.28. The van der Waals surface area contributed by atoms with Gasteiger partial charge in [-0.15, -0.1) is 11.3 Å². The SMILES string of the molecule is c1ccc(-c2ccccc2-c2c(-c3ccccc3)cccc2N(c2ccc(-c3ccc(-c4ccc5ccccc5c4)cc3)cc2)c2ccc(-c3cccc4sc5ccccc5c34)cc2)cc1. The number of hydrogen-bond donors (Lipinski definition) is 0. The molecule has 0 fully saturated rings. The van der Waals surface area contributed by atoms with E-state index >= 15 is 0 Å². The summed E-state index contributed by atoms with van der Waals surface area (Å²) in [5.41, 5.74) is 17.6. The number of hydrogen-bond acceptors (Lipinski definition) is 2. The number of nitrogens with zero attached hydrogens (tertiary/aromatic N) is 1. The molecule has 310 valence electrons. The van der Waals surface area contributed by atoms with Crippen molar-refractivity contribution in [1.82, 2.24) is 0 Å². The lowest BCUT2D eigenvalue weighted by atomic mass is 9.87. The number of thiophene rings is 1. The van der Waals surface area contributed by atoms with Crippen molar-refractivity contribution in [2.24, 2.45) is 0 Å². The van der Waals surface area contributed by atoms with Crippen LogP contribution in [-0.2, 0) is 0 Å². The Labute approximate surface area is 389 Å². The topological polar surface area (TPSA) is 3.24 Å². The summed E-state index contributed by atoms with van der Waals surface area (Å²) in [4.78, 5) is 2.44. The van der Waals surface area contributed by atoms with E-state index in [4.69, 9.17) is 0 Å². The highest BCUT2D eigenvalue weighted by molar-refractivity contribution is 7.25. The van der Waals surface area contributed by atoms with E-state index in [1.165, 1.54) is 97.7 Å². The smallest absolute Gasteiger partial charge is 0.0546 e. The zero-order valence-corrected chi connectivity index (χ0v) is 37.0. The average molecular weight is 858 g/mol. The molecule has 0 radical (unpaired) electrons. The van der Waals surface area contributed by atoms with Crippen LogP contribution in [0.4, 0.5) is 17.1 Å². The third kappa shape index (κ3) is 7.24. The monoisotopic (exact) mass is 857 g/mol. The molecule has 0 bridgehead atoms. The Kier molecular flexibility index (Phi) is 10.1. The largest absolute Gasteiger partial charge is 0.310 e. The highest BCUT2D eigenvalue weighted by atomic mass is 32.1. The van der Waals surface area contributed by atoms with Gasteiger partial charge in [0.15, 0.2) is 0 Å². The summed E-state index contributed by atoms with van der Waals surface area (Å²) in [6.07, 6.45) is 0. The Morgan fingerprint density at radius 3 is 1.45 bits per heavy atom. The first-order valence-corrected chi connectivity index (χ1v) is 23.4. The molecule has 0 saturated carbocycles. The first kappa shape index (κ1) is 39.3. The molecule has 0 amide bonds. The second kappa shape index (κ2) is 17.0. The molecule has 11 aromatic carbocycles. The molecule has 0 aliphatic rings. The van der Waals surface area contributed by atoms with E-state index in [1.807, 2.05) is 11.3 Å². The Hall–Kier alpha value is -8.30. The number of benzene rings is 11. The fraction of sp³-hybridized carbons (Fsp3) is 0. The third-order valence-corrected chi connectivity index (χ3v) is 14.1. The van der Waals surface area contributed by atoms with Crippen LogP contribution in [0.15, 0.2) is 261 Å². The average Bonchev–Trinajstić information content (AvgIpc) is 3.79. The summed E-state index contributed by atoms with van der Waals surface area (Å²) >= 11 is 1.86. The minimum Gasteiger partial charge on any atom is -0.310 e. The minimum absolute atomic E-state index is 1.08. The summed E-state index contributed by atoms with van der Waals surface area (Å²) in [6, 6.07) is 95.2. The van der Waals surface area contributed by atoms with Crippen molar-refractivity contribution in [2.45, 2.75) is 0 Å². The Balaban J connectivity index is 1.01. The van der Waals surface area contributed by atoms with Crippen LogP contribution in [0.2, 0.25) is 0 Å². The van der Waals surface area contributed by atoms with Crippen molar-refractivity contribution in [2.75, 3.05) is 4.90 Å². The fourth-order valence-corrected chi connectivity index (χ4v) is 10.8. The van der Waals surface area contributed by atoms with E-state index in [0.29, 0.717) is 0 Å². The Morgan fingerprint density at radius 2 is 0.742 bits per heavy atom. The predicted molar refractivity (Wildman–Crippen MR) is 284 cm³/mol. The molecule has 0 unspecified atom stereocenters. The summed E-state index contributed by atoms with van der Waals surface area (Å²) in [5.74, 6) is 0. The quantitative estimate of drug-likeness (QED) is 0.140. The summed E-state index contributed by atoms with van der Waals surface area (Å²) < 4.78 is 2.62. The molecule has 2 heteroatoms. The maximum atomic E-state index is 2.44. The summed E-state index contributed by atoms with van der Waals surface area (Å²) in [5, 5.41) is 5.14. The summed E-state index contributed by atoms with van der Waals surface area (Å²) in [7, 11) is 0. The van der Waals surface area contributed by atoms with Gasteiger partial charge in [0.2, 0.25) is 0 Å². The van der Waals surface area contributed by atoms with Crippen molar-refractivity contribution in [3.8, 4) is 66.8 Å². The van der Waals surface area contributed by atoms with Crippen LogP contribution >= 0.6 is 11.3 Å². The van der Waals surface area contributed by atoms with Crippen molar-refractivity contribution in [3.63, 3.8) is 0 Å². The van der Waals surface area contributed by atoms with Crippen molar-refractivity contribution < 1.29 is 0 Å². The van der Waals surface area contributed by atoms with Gasteiger partial charge in [0.1, 0.15) is 0 Å².